The molecule has 11 heteroatoms. The molecule has 1 amide bonds. The fourth-order valence-electron chi connectivity index (χ4n) is 3.49. The molecule has 1 aromatic heterocycles. The Balaban J connectivity index is 1.54. The highest BCUT2D eigenvalue weighted by Gasteiger charge is 2.35. The number of hydrazone groups is 1. The highest BCUT2D eigenvalue weighted by Crippen LogP contribution is 2.34. The molecule has 0 bridgehead atoms. The molecule has 0 fully saturated rings. The number of carbonyl (C=O) groups excluding carboxylic acids is 2. The summed E-state index contributed by atoms with van der Waals surface area (Å²) in [5.74, 6) is -1.30. The molecule has 4 rings (SSSR count). The van der Waals surface area contributed by atoms with E-state index in [2.05, 4.69) is 15.6 Å². The summed E-state index contributed by atoms with van der Waals surface area (Å²) in [5.41, 5.74) is 2.97. The van der Waals surface area contributed by atoms with Crippen molar-refractivity contribution in [1.29, 1.82) is 0 Å². The minimum atomic E-state index is -4.65. The van der Waals surface area contributed by atoms with E-state index in [1.54, 1.807) is 31.2 Å². The Morgan fingerprint density at radius 1 is 1.18 bits per heavy atom. The molecule has 1 aliphatic rings. The van der Waals surface area contributed by atoms with Gasteiger partial charge in [-0.2, -0.15) is 23.4 Å². The third-order valence-electron chi connectivity index (χ3n) is 5.30. The van der Waals surface area contributed by atoms with Crippen molar-refractivity contribution in [3.63, 3.8) is 0 Å². The highest BCUT2D eigenvalue weighted by atomic mass is 35.5. The van der Waals surface area contributed by atoms with Crippen LogP contribution in [0.1, 0.15) is 29.4 Å². The molecule has 2 heterocycles. The second kappa shape index (κ2) is 9.30. The van der Waals surface area contributed by atoms with E-state index in [1.807, 2.05) is 0 Å². The lowest BCUT2D eigenvalue weighted by atomic mass is 10.0. The zero-order valence-electron chi connectivity index (χ0n) is 17.8. The molecule has 7 nitrogen and oxygen atoms in total. The molecule has 176 valence electrons. The number of carbonyl (C=O) groups is 2. The van der Waals surface area contributed by atoms with Gasteiger partial charge < -0.3 is 4.74 Å². The van der Waals surface area contributed by atoms with Crippen LogP contribution in [-0.2, 0) is 15.7 Å². The Hall–Kier alpha value is -3.66. The summed E-state index contributed by atoms with van der Waals surface area (Å²) in [7, 11) is 0. The minimum absolute atomic E-state index is 0.0136. The second-order valence-corrected chi connectivity index (χ2v) is 7.97. The zero-order valence-corrected chi connectivity index (χ0v) is 18.5. The number of amides is 1. The zero-order chi connectivity index (χ0) is 24.5. The maximum atomic E-state index is 13.4. The quantitative estimate of drug-likeness (QED) is 0.499. The molecule has 0 aliphatic carbocycles. The first-order valence-electron chi connectivity index (χ1n) is 10.2. The Kier molecular flexibility index (Phi) is 6.43. The smallest absolute Gasteiger partial charge is 0.435 e. The molecule has 0 spiro atoms. The summed E-state index contributed by atoms with van der Waals surface area (Å²) in [6, 6.07) is 13.2. The van der Waals surface area contributed by atoms with Crippen molar-refractivity contribution in [1.82, 2.24) is 15.2 Å². The van der Waals surface area contributed by atoms with Crippen molar-refractivity contribution in [2.24, 2.45) is 11.0 Å². The number of benzene rings is 2. The van der Waals surface area contributed by atoms with Crippen LogP contribution >= 0.6 is 11.6 Å². The molecular weight excluding hydrogens is 473 g/mol. The molecule has 0 saturated heterocycles. The van der Waals surface area contributed by atoms with Gasteiger partial charge in [-0.05, 0) is 43.7 Å². The lowest BCUT2D eigenvalue weighted by Crippen LogP contribution is -2.24. The lowest BCUT2D eigenvalue weighted by molar-refractivity contribution is -0.141. The van der Waals surface area contributed by atoms with Gasteiger partial charge in [-0.1, -0.05) is 35.9 Å². The molecule has 1 N–H and O–H groups in total. The maximum Gasteiger partial charge on any atom is 0.435 e. The van der Waals surface area contributed by atoms with Crippen molar-refractivity contribution in [3.05, 3.63) is 70.9 Å². The van der Waals surface area contributed by atoms with E-state index in [9.17, 15) is 22.8 Å². The topological polar surface area (TPSA) is 85.6 Å². The predicted octanol–water partition coefficient (Wildman–Crippen LogP) is 4.88. The summed E-state index contributed by atoms with van der Waals surface area (Å²) in [6.45, 7) is 1.72. The first-order chi connectivity index (χ1) is 16.1. The van der Waals surface area contributed by atoms with E-state index in [0.29, 0.717) is 17.7 Å². The van der Waals surface area contributed by atoms with E-state index < -0.39 is 23.8 Å². The van der Waals surface area contributed by atoms with Crippen LogP contribution in [0.25, 0.3) is 16.9 Å². The van der Waals surface area contributed by atoms with E-state index in [1.165, 1.54) is 24.3 Å². The number of para-hydroxylation sites is 1. The first kappa shape index (κ1) is 23.5. The summed E-state index contributed by atoms with van der Waals surface area (Å²) >= 11 is 6.19. The van der Waals surface area contributed by atoms with E-state index in [0.717, 1.165) is 10.7 Å². The van der Waals surface area contributed by atoms with Crippen LogP contribution in [0.15, 0.2) is 59.7 Å². The number of ether oxygens (including phenoxy) is 1. The molecule has 1 aliphatic heterocycles. The molecular formula is C23H18ClF3N4O3. The summed E-state index contributed by atoms with van der Waals surface area (Å²) in [6.07, 6.45) is -4.35. The number of hydrogen-bond acceptors (Lipinski definition) is 5. The van der Waals surface area contributed by atoms with Crippen LogP contribution in [0.5, 0.6) is 0 Å². The van der Waals surface area contributed by atoms with Gasteiger partial charge in [-0.15, -0.1) is 0 Å². The van der Waals surface area contributed by atoms with Gasteiger partial charge in [0.05, 0.1) is 34.5 Å². The number of alkyl halides is 3. The monoisotopic (exact) mass is 490 g/mol. The number of nitrogens with zero attached hydrogens (tertiary/aromatic N) is 3. The Bertz CT molecular complexity index is 1270. The molecule has 1 unspecified atom stereocenters. The van der Waals surface area contributed by atoms with E-state index in [-0.39, 0.29) is 34.5 Å². The fourth-order valence-corrected chi connectivity index (χ4v) is 3.71. The number of aromatic nitrogens is 2. The van der Waals surface area contributed by atoms with Gasteiger partial charge in [-0.3, -0.25) is 4.79 Å². The third kappa shape index (κ3) is 4.81. The van der Waals surface area contributed by atoms with Crippen LogP contribution in [0.3, 0.4) is 0 Å². The van der Waals surface area contributed by atoms with Crippen molar-refractivity contribution in [3.8, 4) is 16.9 Å². The summed E-state index contributed by atoms with van der Waals surface area (Å²) < 4.78 is 46.4. The minimum Gasteiger partial charge on any atom is -0.462 e. The lowest BCUT2D eigenvalue weighted by Gasteiger charge is -2.11. The molecule has 34 heavy (non-hydrogen) atoms. The van der Waals surface area contributed by atoms with Crippen LogP contribution < -0.4 is 5.43 Å². The van der Waals surface area contributed by atoms with Gasteiger partial charge in [-0.25, -0.2) is 14.9 Å². The van der Waals surface area contributed by atoms with Gasteiger partial charge in [0, 0.05) is 11.3 Å². The SMILES string of the molecule is CC1=NNC(=O)C1CCOC(=O)c1ccc(-c2cc(C(F)(F)F)nn2-c2ccccc2Cl)cc1. The maximum absolute atomic E-state index is 13.4. The molecule has 3 aromatic rings. The normalized spacial score (nSPS) is 15.7. The Morgan fingerprint density at radius 2 is 1.88 bits per heavy atom. The molecule has 1 atom stereocenters. The van der Waals surface area contributed by atoms with Crippen molar-refractivity contribution < 1.29 is 27.5 Å². The van der Waals surface area contributed by atoms with E-state index in [4.69, 9.17) is 16.3 Å². The van der Waals surface area contributed by atoms with Gasteiger partial charge >= 0.3 is 12.1 Å². The summed E-state index contributed by atoms with van der Waals surface area (Å²) in [4.78, 5) is 24.0. The fraction of sp³-hybridized carbons (Fsp3) is 0.217. The number of halogens is 4. The third-order valence-corrected chi connectivity index (χ3v) is 5.62. The van der Waals surface area contributed by atoms with Crippen LogP contribution in [0.4, 0.5) is 13.2 Å². The Labute approximate surface area is 197 Å². The number of rotatable bonds is 6. The standard InChI is InChI=1S/C23H18ClF3N4O3/c1-13-16(21(32)29-28-13)10-11-34-22(33)15-8-6-14(7-9-15)19-12-20(23(25,26)27)30-31(19)18-5-3-2-4-17(18)24/h2-9,12,16H,10-11H2,1H3,(H,29,32). The van der Waals surface area contributed by atoms with Crippen molar-refractivity contribution in [2.45, 2.75) is 19.5 Å². The van der Waals surface area contributed by atoms with Crippen LogP contribution in [0, 0.1) is 5.92 Å². The average molecular weight is 491 g/mol. The van der Waals surface area contributed by atoms with Crippen molar-refractivity contribution >= 4 is 29.2 Å². The molecule has 0 saturated carbocycles. The molecule has 0 radical (unpaired) electrons. The second-order valence-electron chi connectivity index (χ2n) is 7.56. The van der Waals surface area contributed by atoms with Gasteiger partial charge in [0.25, 0.3) is 0 Å². The van der Waals surface area contributed by atoms with Crippen LogP contribution in [0.2, 0.25) is 5.02 Å². The Morgan fingerprint density at radius 3 is 2.50 bits per heavy atom. The largest absolute Gasteiger partial charge is 0.462 e. The average Bonchev–Trinajstić information content (AvgIpc) is 3.39. The first-order valence-corrected chi connectivity index (χ1v) is 10.6. The molecule has 2 aromatic carbocycles. The number of nitrogens with one attached hydrogen (secondary N) is 1. The predicted molar refractivity (Wildman–Crippen MR) is 119 cm³/mol. The van der Waals surface area contributed by atoms with Gasteiger partial charge in [0.1, 0.15) is 0 Å². The highest BCUT2D eigenvalue weighted by molar-refractivity contribution is 6.32. The van der Waals surface area contributed by atoms with Crippen LogP contribution in [-0.4, -0.2) is 34.0 Å². The summed E-state index contributed by atoms with van der Waals surface area (Å²) in [5, 5.41) is 7.78. The van der Waals surface area contributed by atoms with Gasteiger partial charge in [0.15, 0.2) is 5.69 Å². The van der Waals surface area contributed by atoms with Crippen molar-refractivity contribution in [2.75, 3.05) is 6.61 Å². The number of esters is 1. The van der Waals surface area contributed by atoms with Gasteiger partial charge in [0.2, 0.25) is 5.91 Å². The number of hydrogen-bond donors (Lipinski definition) is 1. The van der Waals surface area contributed by atoms with E-state index >= 15 is 0 Å².